The molecule has 0 unspecified atom stereocenters. The van der Waals surface area contributed by atoms with Crippen molar-refractivity contribution in [2.45, 2.75) is 25.4 Å². The molecular weight excluding hydrogens is 298 g/mol. The van der Waals surface area contributed by atoms with Crippen LogP contribution in [-0.2, 0) is 6.54 Å². The molecule has 1 aliphatic carbocycles. The third kappa shape index (κ3) is 3.49. The number of halogens is 3. The van der Waals surface area contributed by atoms with Gasteiger partial charge in [0.15, 0.2) is 11.6 Å². The van der Waals surface area contributed by atoms with Crippen molar-refractivity contribution in [1.29, 1.82) is 0 Å². The predicted molar refractivity (Wildman–Crippen MR) is 75.5 cm³/mol. The molecule has 0 saturated heterocycles. The lowest BCUT2D eigenvalue weighted by Crippen LogP contribution is -2.16. The van der Waals surface area contributed by atoms with Gasteiger partial charge in [-0.05, 0) is 31.0 Å². The molecule has 0 radical (unpaired) electrons. The number of rotatable bonds is 5. The number of ether oxygens (including phenoxy) is 1. The summed E-state index contributed by atoms with van der Waals surface area (Å²) in [5, 5.41) is 3.80. The number of nitrogens with one attached hydrogen (secondary N) is 1. The van der Waals surface area contributed by atoms with Crippen LogP contribution in [0.1, 0.15) is 18.5 Å². The van der Waals surface area contributed by atoms with E-state index in [0.717, 1.165) is 18.9 Å². The van der Waals surface area contributed by atoms with Gasteiger partial charge in [0, 0.05) is 18.7 Å². The van der Waals surface area contributed by atoms with Crippen molar-refractivity contribution in [2.75, 3.05) is 0 Å². The van der Waals surface area contributed by atoms with Gasteiger partial charge in [0.25, 0.3) is 0 Å². The first-order valence-electron chi connectivity index (χ1n) is 6.64. The lowest BCUT2D eigenvalue weighted by molar-refractivity contribution is 0.404. The molecule has 1 fully saturated rings. The van der Waals surface area contributed by atoms with E-state index in [9.17, 15) is 8.78 Å². The van der Waals surface area contributed by atoms with Gasteiger partial charge in [-0.2, -0.15) is 4.39 Å². The van der Waals surface area contributed by atoms with E-state index in [-0.39, 0.29) is 11.6 Å². The van der Waals surface area contributed by atoms with E-state index < -0.39 is 11.6 Å². The minimum atomic E-state index is -1.04. The highest BCUT2D eigenvalue weighted by Crippen LogP contribution is 2.27. The molecule has 3 rings (SSSR count). The average molecular weight is 311 g/mol. The lowest BCUT2D eigenvalue weighted by atomic mass is 10.3. The maximum absolute atomic E-state index is 13.6. The van der Waals surface area contributed by atoms with Crippen LogP contribution in [-0.4, -0.2) is 11.0 Å². The molecule has 1 aromatic heterocycles. The van der Waals surface area contributed by atoms with Crippen LogP contribution in [0.2, 0.25) is 5.02 Å². The molecule has 1 heterocycles. The molecule has 3 nitrogen and oxygen atoms in total. The van der Waals surface area contributed by atoms with Gasteiger partial charge in [0.05, 0.1) is 10.7 Å². The summed E-state index contributed by atoms with van der Waals surface area (Å²) >= 11 is 6.07. The molecule has 0 bridgehead atoms. The van der Waals surface area contributed by atoms with Crippen molar-refractivity contribution in [3.8, 4) is 11.6 Å². The number of hydrogen-bond donors (Lipinski definition) is 1. The molecule has 0 amide bonds. The summed E-state index contributed by atoms with van der Waals surface area (Å²) in [6.45, 7) is 0.520. The Morgan fingerprint density at radius 3 is 2.81 bits per heavy atom. The first-order valence-corrected chi connectivity index (χ1v) is 7.02. The topological polar surface area (TPSA) is 34.1 Å². The molecule has 21 heavy (non-hydrogen) atoms. The standard InChI is InChI=1S/C15H13ClF2N2O/c16-10-6-7-14(20-12(10)8-19-9-4-5-9)21-13-3-1-2-11(17)15(13)18/h1-3,6-7,9,19H,4-5,8H2. The van der Waals surface area contributed by atoms with Crippen molar-refractivity contribution >= 4 is 11.6 Å². The summed E-state index contributed by atoms with van der Waals surface area (Å²) in [5.74, 6) is -2.02. The molecule has 110 valence electrons. The van der Waals surface area contributed by atoms with E-state index in [4.69, 9.17) is 16.3 Å². The zero-order chi connectivity index (χ0) is 14.8. The average Bonchev–Trinajstić information content (AvgIpc) is 3.28. The monoisotopic (exact) mass is 310 g/mol. The second kappa shape index (κ2) is 5.95. The van der Waals surface area contributed by atoms with Gasteiger partial charge < -0.3 is 10.1 Å². The Hall–Kier alpha value is -1.72. The van der Waals surface area contributed by atoms with E-state index in [0.29, 0.717) is 23.3 Å². The first kappa shape index (κ1) is 14.2. The summed E-state index contributed by atoms with van der Waals surface area (Å²) in [6, 6.07) is 7.42. The summed E-state index contributed by atoms with van der Waals surface area (Å²) in [5.41, 5.74) is 0.623. The van der Waals surface area contributed by atoms with Gasteiger partial charge in [0.1, 0.15) is 0 Å². The number of aromatic nitrogens is 1. The predicted octanol–water partition coefficient (Wildman–Crippen LogP) is 4.06. The quantitative estimate of drug-likeness (QED) is 0.904. The fraction of sp³-hybridized carbons (Fsp3) is 0.267. The molecule has 1 aliphatic rings. The fourth-order valence-corrected chi connectivity index (χ4v) is 2.02. The summed E-state index contributed by atoms with van der Waals surface area (Å²) in [4.78, 5) is 4.23. The van der Waals surface area contributed by atoms with Crippen molar-refractivity contribution in [3.63, 3.8) is 0 Å². The Balaban J connectivity index is 1.78. The van der Waals surface area contributed by atoms with E-state index >= 15 is 0 Å². The SMILES string of the molecule is Fc1cccc(Oc2ccc(Cl)c(CNC3CC3)n2)c1F. The number of hydrogen-bond acceptors (Lipinski definition) is 3. The highest BCUT2D eigenvalue weighted by atomic mass is 35.5. The van der Waals surface area contributed by atoms with E-state index in [2.05, 4.69) is 10.3 Å². The molecule has 6 heteroatoms. The molecular formula is C15H13ClF2N2O. The molecule has 0 aliphatic heterocycles. The normalized spacial score (nSPS) is 14.2. The van der Waals surface area contributed by atoms with Gasteiger partial charge in [-0.25, -0.2) is 9.37 Å². The van der Waals surface area contributed by atoms with Gasteiger partial charge in [0.2, 0.25) is 11.7 Å². The maximum atomic E-state index is 13.6. The molecule has 2 aromatic rings. The first-order chi connectivity index (χ1) is 10.1. The van der Waals surface area contributed by atoms with Gasteiger partial charge in [-0.1, -0.05) is 17.7 Å². The Kier molecular flexibility index (Phi) is 4.03. The zero-order valence-corrected chi connectivity index (χ0v) is 11.8. The molecule has 1 saturated carbocycles. The highest BCUT2D eigenvalue weighted by Gasteiger charge is 2.21. The van der Waals surface area contributed by atoms with Gasteiger partial charge in [-0.3, -0.25) is 0 Å². The zero-order valence-electron chi connectivity index (χ0n) is 11.1. The molecule has 1 N–H and O–H groups in total. The number of pyridine rings is 1. The van der Waals surface area contributed by atoms with Crippen LogP contribution in [0.3, 0.4) is 0 Å². The second-order valence-corrected chi connectivity index (χ2v) is 5.29. The van der Waals surface area contributed by atoms with Crippen molar-refractivity contribution in [1.82, 2.24) is 10.3 Å². The lowest BCUT2D eigenvalue weighted by Gasteiger charge is -2.09. The molecule has 0 spiro atoms. The minimum absolute atomic E-state index is 0.177. The maximum Gasteiger partial charge on any atom is 0.219 e. The largest absolute Gasteiger partial charge is 0.436 e. The summed E-state index contributed by atoms with van der Waals surface area (Å²) < 4.78 is 32.0. The van der Waals surface area contributed by atoms with Crippen LogP contribution in [0, 0.1) is 11.6 Å². The second-order valence-electron chi connectivity index (χ2n) is 4.89. The Morgan fingerprint density at radius 2 is 2.05 bits per heavy atom. The van der Waals surface area contributed by atoms with Crippen LogP contribution >= 0.6 is 11.6 Å². The van der Waals surface area contributed by atoms with Crippen molar-refractivity contribution in [3.05, 3.63) is 52.7 Å². The Bertz CT molecular complexity index is 662. The van der Waals surface area contributed by atoms with Crippen LogP contribution in [0.15, 0.2) is 30.3 Å². The Labute approximate surface area is 125 Å². The summed E-state index contributed by atoms with van der Waals surface area (Å²) in [6.07, 6.45) is 2.31. The summed E-state index contributed by atoms with van der Waals surface area (Å²) in [7, 11) is 0. The van der Waals surface area contributed by atoms with E-state index in [1.165, 1.54) is 18.2 Å². The number of nitrogens with zero attached hydrogens (tertiary/aromatic N) is 1. The van der Waals surface area contributed by atoms with Crippen LogP contribution < -0.4 is 10.1 Å². The van der Waals surface area contributed by atoms with E-state index in [1.54, 1.807) is 6.07 Å². The van der Waals surface area contributed by atoms with Gasteiger partial charge >= 0.3 is 0 Å². The van der Waals surface area contributed by atoms with Crippen LogP contribution in [0.25, 0.3) is 0 Å². The smallest absolute Gasteiger partial charge is 0.219 e. The molecule has 1 aromatic carbocycles. The highest BCUT2D eigenvalue weighted by molar-refractivity contribution is 6.31. The van der Waals surface area contributed by atoms with E-state index in [1.807, 2.05) is 0 Å². The third-order valence-electron chi connectivity index (χ3n) is 3.16. The molecule has 0 atom stereocenters. The van der Waals surface area contributed by atoms with Crippen molar-refractivity contribution < 1.29 is 13.5 Å². The third-order valence-corrected chi connectivity index (χ3v) is 3.50. The van der Waals surface area contributed by atoms with Crippen LogP contribution in [0.4, 0.5) is 8.78 Å². The van der Waals surface area contributed by atoms with Crippen molar-refractivity contribution in [2.24, 2.45) is 0 Å². The number of benzene rings is 1. The minimum Gasteiger partial charge on any atom is -0.436 e. The fourth-order valence-electron chi connectivity index (χ4n) is 1.85. The Morgan fingerprint density at radius 1 is 1.24 bits per heavy atom. The van der Waals surface area contributed by atoms with Crippen LogP contribution in [0.5, 0.6) is 11.6 Å². The van der Waals surface area contributed by atoms with Gasteiger partial charge in [-0.15, -0.1) is 0 Å².